The van der Waals surface area contributed by atoms with Crippen LogP contribution in [0.15, 0.2) is 23.3 Å². The van der Waals surface area contributed by atoms with E-state index in [4.69, 9.17) is 18.9 Å². The van der Waals surface area contributed by atoms with Crippen molar-refractivity contribution < 1.29 is 50.1 Å². The minimum atomic E-state index is -4.98. The summed E-state index contributed by atoms with van der Waals surface area (Å²) in [4.78, 5) is 31.7. The number of fused-ring (bicyclic) bond motifs is 3. The van der Waals surface area contributed by atoms with E-state index in [1.54, 1.807) is 10.00 Å². The fourth-order valence-electron chi connectivity index (χ4n) is 4.36. The van der Waals surface area contributed by atoms with Gasteiger partial charge < -0.3 is 28.7 Å². The van der Waals surface area contributed by atoms with Gasteiger partial charge in [0, 0.05) is 32.9 Å². The third-order valence-corrected chi connectivity index (χ3v) is 6.21. The third-order valence-electron chi connectivity index (χ3n) is 6.21. The number of hydrogen-bond donors (Lipinski definition) is 1. The number of aromatic nitrogens is 3. The maximum absolute atomic E-state index is 13.3. The van der Waals surface area contributed by atoms with Crippen molar-refractivity contribution in [3.05, 3.63) is 39.9 Å². The van der Waals surface area contributed by atoms with Crippen LogP contribution in [0, 0.1) is 0 Å². The van der Waals surface area contributed by atoms with Gasteiger partial charge in [-0.15, -0.1) is 0 Å². The SMILES string of the molecule is COC[C@@H](COCCC(=O)N1CCN2c3ncc(C(F)(F)F)cc3OC[C@@H]2C1)Oc1cn[nH]c(=O)c1C(F)(F)F. The number of alkyl halides is 6. The number of methoxy groups -OCH3 is 1. The van der Waals surface area contributed by atoms with Crippen molar-refractivity contribution in [1.82, 2.24) is 20.1 Å². The van der Waals surface area contributed by atoms with Crippen molar-refractivity contribution in [3.8, 4) is 11.5 Å². The number of halogens is 6. The van der Waals surface area contributed by atoms with Crippen molar-refractivity contribution in [3.63, 3.8) is 0 Å². The predicted octanol–water partition coefficient (Wildman–Crippen LogP) is 2.11. The molecule has 17 heteroatoms. The highest BCUT2D eigenvalue weighted by Gasteiger charge is 2.40. The summed E-state index contributed by atoms with van der Waals surface area (Å²) in [5.41, 5.74) is -3.91. The molecule has 4 heterocycles. The van der Waals surface area contributed by atoms with Crippen LogP contribution in [0.3, 0.4) is 0 Å². The van der Waals surface area contributed by atoms with Gasteiger partial charge in [0.2, 0.25) is 5.91 Å². The lowest BCUT2D eigenvalue weighted by atomic mass is 10.1. The highest BCUT2D eigenvalue weighted by atomic mass is 19.4. The third kappa shape index (κ3) is 6.75. The molecule has 0 aromatic carbocycles. The summed E-state index contributed by atoms with van der Waals surface area (Å²) in [5, 5.41) is 5.05. The Morgan fingerprint density at radius 2 is 1.95 bits per heavy atom. The van der Waals surface area contributed by atoms with Crippen LogP contribution < -0.4 is 19.9 Å². The minimum absolute atomic E-state index is 0.0327. The van der Waals surface area contributed by atoms with Crippen molar-refractivity contribution in [2.75, 3.05) is 58.1 Å². The average molecular weight is 581 g/mol. The molecule has 2 aliphatic heterocycles. The maximum Gasteiger partial charge on any atom is 0.425 e. The summed E-state index contributed by atoms with van der Waals surface area (Å²) < 4.78 is 99.9. The molecule has 2 aromatic heterocycles. The molecule has 220 valence electrons. The summed E-state index contributed by atoms with van der Waals surface area (Å²) in [6.45, 7) is 0.480. The number of carbonyl (C=O) groups excluding carboxylic acids is 1. The molecule has 0 spiro atoms. The molecule has 0 unspecified atom stereocenters. The molecule has 11 nitrogen and oxygen atoms in total. The number of hydrogen-bond acceptors (Lipinski definition) is 9. The summed E-state index contributed by atoms with van der Waals surface area (Å²) in [5.74, 6) is -0.720. The molecule has 1 amide bonds. The van der Waals surface area contributed by atoms with E-state index in [1.807, 2.05) is 4.90 Å². The monoisotopic (exact) mass is 581 g/mol. The van der Waals surface area contributed by atoms with Gasteiger partial charge in [0.05, 0.1) is 44.0 Å². The molecule has 2 atom stereocenters. The molecule has 0 aliphatic carbocycles. The second-order valence-corrected chi connectivity index (χ2v) is 9.00. The number of piperazine rings is 1. The molecule has 1 N–H and O–H groups in total. The first-order valence-electron chi connectivity index (χ1n) is 12.0. The van der Waals surface area contributed by atoms with E-state index in [9.17, 15) is 35.9 Å². The lowest BCUT2D eigenvalue weighted by Gasteiger charge is -2.44. The second kappa shape index (κ2) is 11.9. The van der Waals surface area contributed by atoms with E-state index in [0.29, 0.717) is 13.1 Å². The molecule has 2 aromatic rings. The van der Waals surface area contributed by atoms with E-state index in [0.717, 1.165) is 18.5 Å². The number of rotatable bonds is 9. The zero-order valence-corrected chi connectivity index (χ0v) is 21.0. The van der Waals surface area contributed by atoms with Gasteiger partial charge in [0.25, 0.3) is 5.56 Å². The Bertz CT molecular complexity index is 1260. The van der Waals surface area contributed by atoms with Crippen LogP contribution in [0.2, 0.25) is 0 Å². The molecule has 0 bridgehead atoms. The Morgan fingerprint density at radius 3 is 2.65 bits per heavy atom. The first-order valence-corrected chi connectivity index (χ1v) is 12.0. The average Bonchev–Trinajstić information content (AvgIpc) is 2.89. The normalized spacial score (nSPS) is 18.0. The zero-order valence-electron chi connectivity index (χ0n) is 21.0. The number of ether oxygens (including phenoxy) is 4. The van der Waals surface area contributed by atoms with E-state index in [-0.39, 0.29) is 62.9 Å². The summed E-state index contributed by atoms with van der Waals surface area (Å²) in [7, 11) is 1.30. The van der Waals surface area contributed by atoms with Crippen LogP contribution in [0.25, 0.3) is 0 Å². The van der Waals surface area contributed by atoms with Crippen LogP contribution in [-0.4, -0.2) is 91.3 Å². The predicted molar refractivity (Wildman–Crippen MR) is 124 cm³/mol. The summed E-state index contributed by atoms with van der Waals surface area (Å²) >= 11 is 0. The number of carbonyl (C=O) groups is 1. The topological polar surface area (TPSA) is 119 Å². The highest BCUT2D eigenvalue weighted by molar-refractivity contribution is 5.77. The fourth-order valence-corrected chi connectivity index (χ4v) is 4.36. The molecular formula is C23H25F6N5O6. The number of pyridine rings is 1. The van der Waals surface area contributed by atoms with Gasteiger partial charge in [-0.2, -0.15) is 31.4 Å². The van der Waals surface area contributed by atoms with Gasteiger partial charge in [0.1, 0.15) is 12.7 Å². The molecule has 1 fully saturated rings. The second-order valence-electron chi connectivity index (χ2n) is 9.00. The standard InChI is InChI=1S/C23H25F6N5O6/c1-37-11-15(40-17-8-31-32-21(36)19(17)23(27,28)29)12-38-5-2-18(35)33-3-4-34-14(9-33)10-39-16-6-13(22(24,25)26)7-30-20(16)34/h6-8,14-15H,2-5,9-12H2,1H3,(H,32,36)/t14-,15-/m0/s1. The maximum atomic E-state index is 13.3. The summed E-state index contributed by atoms with van der Waals surface area (Å²) in [6, 6.07) is 0.602. The zero-order chi connectivity index (χ0) is 29.1. The largest absolute Gasteiger partial charge is 0.487 e. The number of aromatic amines is 1. The van der Waals surface area contributed by atoms with E-state index in [2.05, 4.69) is 10.1 Å². The number of amides is 1. The summed E-state index contributed by atoms with van der Waals surface area (Å²) in [6.07, 6.45) is -9.12. The van der Waals surface area contributed by atoms with Gasteiger partial charge in [-0.05, 0) is 6.07 Å². The number of nitrogens with one attached hydrogen (secondary N) is 1. The molecule has 4 rings (SSSR count). The molecule has 2 aliphatic rings. The van der Waals surface area contributed by atoms with Gasteiger partial charge in [0.15, 0.2) is 22.9 Å². The van der Waals surface area contributed by atoms with Crippen LogP contribution in [0.5, 0.6) is 11.5 Å². The van der Waals surface area contributed by atoms with Crippen molar-refractivity contribution in [2.24, 2.45) is 0 Å². The molecule has 40 heavy (non-hydrogen) atoms. The first-order chi connectivity index (χ1) is 18.9. The van der Waals surface area contributed by atoms with Crippen LogP contribution in [-0.2, 0) is 26.6 Å². The van der Waals surface area contributed by atoms with Crippen LogP contribution in [0.4, 0.5) is 32.2 Å². The Kier molecular flexibility index (Phi) is 8.72. The van der Waals surface area contributed by atoms with E-state index in [1.165, 1.54) is 7.11 Å². The van der Waals surface area contributed by atoms with Gasteiger partial charge in [-0.25, -0.2) is 10.1 Å². The highest BCUT2D eigenvalue weighted by Crippen LogP contribution is 2.38. The Balaban J connectivity index is 1.28. The fraction of sp³-hybridized carbons (Fsp3) is 0.565. The molecular weight excluding hydrogens is 556 g/mol. The lowest BCUT2D eigenvalue weighted by Crippen LogP contribution is -2.58. The van der Waals surface area contributed by atoms with Crippen molar-refractivity contribution in [2.45, 2.75) is 30.9 Å². The van der Waals surface area contributed by atoms with Crippen molar-refractivity contribution in [1.29, 1.82) is 0 Å². The van der Waals surface area contributed by atoms with Crippen LogP contribution >= 0.6 is 0 Å². The Morgan fingerprint density at radius 1 is 1.18 bits per heavy atom. The Labute approximate surface area is 223 Å². The van der Waals surface area contributed by atoms with Crippen LogP contribution in [0.1, 0.15) is 17.5 Å². The first kappa shape index (κ1) is 29.4. The molecule has 1 saturated heterocycles. The van der Waals surface area contributed by atoms with Gasteiger partial charge >= 0.3 is 12.4 Å². The van der Waals surface area contributed by atoms with Gasteiger partial charge in [-0.1, -0.05) is 0 Å². The molecule has 0 saturated carbocycles. The van der Waals surface area contributed by atoms with E-state index < -0.39 is 40.9 Å². The lowest BCUT2D eigenvalue weighted by molar-refractivity contribution is -0.141. The minimum Gasteiger partial charge on any atom is -0.487 e. The smallest absolute Gasteiger partial charge is 0.425 e. The number of nitrogens with zero attached hydrogens (tertiary/aromatic N) is 4. The Hall–Kier alpha value is -3.60. The van der Waals surface area contributed by atoms with E-state index >= 15 is 0 Å². The molecule has 0 radical (unpaired) electrons. The number of H-pyrrole nitrogens is 1. The van der Waals surface area contributed by atoms with Crippen molar-refractivity contribution >= 4 is 11.7 Å². The van der Waals surface area contributed by atoms with Gasteiger partial charge in [-0.3, -0.25) is 9.59 Å². The number of anilines is 1. The quantitative estimate of drug-likeness (QED) is 0.351.